The lowest BCUT2D eigenvalue weighted by Crippen LogP contribution is -2.43. The Kier molecular flexibility index (Phi) is 7.14. The molecule has 10 heteroatoms. The molecule has 1 fully saturated rings. The van der Waals surface area contributed by atoms with E-state index in [9.17, 15) is 18.0 Å². The predicted molar refractivity (Wildman–Crippen MR) is 124 cm³/mol. The van der Waals surface area contributed by atoms with Crippen LogP contribution in [0.3, 0.4) is 0 Å². The molecule has 1 aliphatic carbocycles. The van der Waals surface area contributed by atoms with Crippen molar-refractivity contribution < 1.29 is 18.0 Å². The summed E-state index contributed by atoms with van der Waals surface area (Å²) in [6.07, 6.45) is 4.43. The molecule has 2 aromatic heterocycles. The second-order valence-corrected chi connectivity index (χ2v) is 8.80. The molecule has 180 valence electrons. The largest absolute Gasteiger partial charge is 0.327 e. The fourth-order valence-corrected chi connectivity index (χ4v) is 4.83. The molecule has 4 atom stereocenters. The maximum atomic E-state index is 14.4. The number of rotatable bonds is 6. The first-order valence-corrected chi connectivity index (χ1v) is 11.2. The standard InChI is InChI=1S/C25H23F3N6O/c1-13-9-14(10-20(29)24(13)33-34-30)16-7-8-31-12-15(16)11-22(35)21-6-5-19(28)25(32-21)23-17(26)3-2-4-18(23)27/h2-8,12-14,20,24H,9-11,29H2,1H3/t13-,14+,20+,24-/m1/s1. The first kappa shape index (κ1) is 24.4. The second kappa shape index (κ2) is 10.2. The normalized spacial score (nSPS) is 21.9. The first-order chi connectivity index (χ1) is 16.8. The average Bonchev–Trinajstić information content (AvgIpc) is 2.82. The van der Waals surface area contributed by atoms with Crippen LogP contribution in [-0.2, 0) is 6.42 Å². The molecular formula is C25H23F3N6O. The van der Waals surface area contributed by atoms with Crippen LogP contribution in [-0.4, -0.2) is 27.8 Å². The van der Waals surface area contributed by atoms with Crippen molar-refractivity contribution in [1.82, 2.24) is 9.97 Å². The number of nitrogens with two attached hydrogens (primary N) is 1. The fourth-order valence-electron chi connectivity index (χ4n) is 4.83. The van der Waals surface area contributed by atoms with E-state index in [0.717, 1.165) is 29.8 Å². The Hall–Kier alpha value is -3.75. The van der Waals surface area contributed by atoms with Crippen molar-refractivity contribution in [2.45, 2.75) is 44.2 Å². The van der Waals surface area contributed by atoms with Gasteiger partial charge in [0.2, 0.25) is 0 Å². The van der Waals surface area contributed by atoms with Crippen LogP contribution in [0.2, 0.25) is 0 Å². The molecule has 7 nitrogen and oxygen atoms in total. The highest BCUT2D eigenvalue weighted by Crippen LogP contribution is 2.38. The number of pyridine rings is 2. The van der Waals surface area contributed by atoms with Crippen LogP contribution >= 0.6 is 0 Å². The molecule has 1 aromatic carbocycles. The fraction of sp³-hybridized carbons (Fsp3) is 0.320. The van der Waals surface area contributed by atoms with Crippen molar-refractivity contribution in [3.63, 3.8) is 0 Å². The Balaban J connectivity index is 1.61. The monoisotopic (exact) mass is 480 g/mol. The number of carbonyl (C=O) groups excluding carboxylic acids is 1. The summed E-state index contributed by atoms with van der Waals surface area (Å²) in [4.78, 5) is 24.1. The molecule has 0 spiro atoms. The number of ketones is 1. The van der Waals surface area contributed by atoms with Crippen molar-refractivity contribution in [3.05, 3.63) is 93.5 Å². The van der Waals surface area contributed by atoms with Crippen molar-refractivity contribution in [2.24, 2.45) is 16.8 Å². The topological polar surface area (TPSA) is 118 Å². The first-order valence-electron chi connectivity index (χ1n) is 11.2. The number of nitrogens with zero attached hydrogens (tertiary/aromatic N) is 5. The van der Waals surface area contributed by atoms with Crippen molar-refractivity contribution in [1.29, 1.82) is 0 Å². The van der Waals surface area contributed by atoms with Crippen LogP contribution < -0.4 is 5.73 Å². The molecule has 0 amide bonds. The summed E-state index contributed by atoms with van der Waals surface area (Å²) in [5.74, 6) is -3.26. The molecule has 3 aromatic rings. The zero-order valence-corrected chi connectivity index (χ0v) is 18.9. The van der Waals surface area contributed by atoms with Crippen LogP contribution in [0.4, 0.5) is 13.2 Å². The maximum absolute atomic E-state index is 14.4. The Morgan fingerprint density at radius 3 is 2.57 bits per heavy atom. The number of hydrogen-bond donors (Lipinski definition) is 1. The third-order valence-electron chi connectivity index (χ3n) is 6.48. The SMILES string of the molecule is C[C@@H]1C[C@H](c2ccncc2CC(=O)c2ccc(F)c(-c3c(F)cccc3F)n2)C[C@H](N)[C@@H]1N=[N+]=[N-]. The molecule has 1 aliphatic rings. The summed E-state index contributed by atoms with van der Waals surface area (Å²) in [6, 6.07) is 6.53. The highest BCUT2D eigenvalue weighted by atomic mass is 19.1. The minimum absolute atomic E-state index is 0.0280. The molecule has 2 heterocycles. The lowest BCUT2D eigenvalue weighted by molar-refractivity contribution is 0.0987. The molecule has 2 N–H and O–H groups in total. The molecule has 35 heavy (non-hydrogen) atoms. The molecule has 0 unspecified atom stereocenters. The van der Waals surface area contributed by atoms with E-state index in [1.54, 1.807) is 12.4 Å². The molecule has 0 radical (unpaired) electrons. The number of Topliss-reactive ketones (excluding diaryl/α,β-unsaturated/α-hetero) is 1. The number of benzene rings is 1. The van der Waals surface area contributed by atoms with Crippen LogP contribution in [0, 0.1) is 23.4 Å². The number of halogens is 3. The van der Waals surface area contributed by atoms with E-state index in [1.807, 2.05) is 13.0 Å². The summed E-state index contributed by atoms with van der Waals surface area (Å²) in [6.45, 7) is 1.98. The summed E-state index contributed by atoms with van der Waals surface area (Å²) >= 11 is 0. The van der Waals surface area contributed by atoms with Gasteiger partial charge in [-0.3, -0.25) is 9.78 Å². The number of aromatic nitrogens is 2. The van der Waals surface area contributed by atoms with E-state index < -0.39 is 34.5 Å². The van der Waals surface area contributed by atoms with Gasteiger partial charge in [0, 0.05) is 29.8 Å². The number of carbonyl (C=O) groups is 1. The van der Waals surface area contributed by atoms with Gasteiger partial charge >= 0.3 is 0 Å². The van der Waals surface area contributed by atoms with E-state index in [1.165, 1.54) is 6.07 Å². The third-order valence-corrected chi connectivity index (χ3v) is 6.48. The molecular weight excluding hydrogens is 457 g/mol. The molecule has 1 saturated carbocycles. The number of azide groups is 1. The summed E-state index contributed by atoms with van der Waals surface area (Å²) in [5, 5.41) is 3.83. The van der Waals surface area contributed by atoms with Gasteiger partial charge in [-0.15, -0.1) is 0 Å². The van der Waals surface area contributed by atoms with Gasteiger partial charge in [0.05, 0.1) is 11.6 Å². The highest BCUT2D eigenvalue weighted by Gasteiger charge is 2.34. The van der Waals surface area contributed by atoms with E-state index in [2.05, 4.69) is 20.0 Å². The van der Waals surface area contributed by atoms with Gasteiger partial charge in [-0.25, -0.2) is 18.2 Å². The molecule has 0 saturated heterocycles. The van der Waals surface area contributed by atoms with Gasteiger partial charge in [-0.05, 0) is 71.7 Å². The van der Waals surface area contributed by atoms with Crippen LogP contribution in [0.5, 0.6) is 0 Å². The summed E-state index contributed by atoms with van der Waals surface area (Å²) in [5.41, 5.74) is 15.4. The van der Waals surface area contributed by atoms with Gasteiger partial charge in [0.25, 0.3) is 0 Å². The number of hydrogen-bond acceptors (Lipinski definition) is 5. The summed E-state index contributed by atoms with van der Waals surface area (Å²) < 4.78 is 42.8. The van der Waals surface area contributed by atoms with E-state index >= 15 is 0 Å². The van der Waals surface area contributed by atoms with Crippen LogP contribution in [0.15, 0.2) is 53.9 Å². The zero-order chi connectivity index (χ0) is 25.1. The predicted octanol–water partition coefficient (Wildman–Crippen LogP) is 5.51. The molecule has 0 aliphatic heterocycles. The van der Waals surface area contributed by atoms with Crippen molar-refractivity contribution in [3.8, 4) is 11.3 Å². The average molecular weight is 480 g/mol. The summed E-state index contributed by atoms with van der Waals surface area (Å²) in [7, 11) is 0. The van der Waals surface area contributed by atoms with Crippen molar-refractivity contribution in [2.75, 3.05) is 0 Å². The Bertz CT molecular complexity index is 1280. The smallest absolute Gasteiger partial charge is 0.185 e. The van der Waals surface area contributed by atoms with E-state index in [-0.39, 0.29) is 36.0 Å². The Morgan fingerprint density at radius 2 is 1.89 bits per heavy atom. The maximum Gasteiger partial charge on any atom is 0.185 e. The minimum Gasteiger partial charge on any atom is -0.327 e. The lowest BCUT2D eigenvalue weighted by atomic mass is 9.73. The van der Waals surface area contributed by atoms with E-state index in [4.69, 9.17) is 11.3 Å². The van der Waals surface area contributed by atoms with E-state index in [0.29, 0.717) is 18.4 Å². The van der Waals surface area contributed by atoms with Gasteiger partial charge < -0.3 is 5.73 Å². The Labute approximate surface area is 199 Å². The lowest BCUT2D eigenvalue weighted by Gasteiger charge is -2.37. The third kappa shape index (κ3) is 5.03. The van der Waals surface area contributed by atoms with Crippen LogP contribution in [0.25, 0.3) is 21.7 Å². The quantitative estimate of drug-likeness (QED) is 0.217. The molecule has 4 rings (SSSR count). The van der Waals surface area contributed by atoms with Crippen molar-refractivity contribution >= 4 is 5.78 Å². The van der Waals surface area contributed by atoms with Gasteiger partial charge in [-0.1, -0.05) is 18.1 Å². The zero-order valence-electron chi connectivity index (χ0n) is 18.9. The second-order valence-electron chi connectivity index (χ2n) is 8.80. The van der Waals surface area contributed by atoms with Gasteiger partial charge in [0.15, 0.2) is 5.78 Å². The Morgan fingerprint density at radius 1 is 1.14 bits per heavy atom. The highest BCUT2D eigenvalue weighted by molar-refractivity contribution is 5.96. The minimum atomic E-state index is -0.975. The molecule has 0 bridgehead atoms. The van der Waals surface area contributed by atoms with Crippen LogP contribution in [0.1, 0.15) is 47.3 Å². The van der Waals surface area contributed by atoms with Gasteiger partial charge in [-0.2, -0.15) is 0 Å². The van der Waals surface area contributed by atoms with Gasteiger partial charge in [0.1, 0.15) is 28.8 Å².